The van der Waals surface area contributed by atoms with Crippen LogP contribution in [0.3, 0.4) is 0 Å². The minimum Gasteiger partial charge on any atom is -0.309 e. The summed E-state index contributed by atoms with van der Waals surface area (Å²) < 4.78 is 2.04. The standard InChI is InChI=1S/C15H12Cl2N4O2S2/c1-7-8(16)5-9(17)13(18-7)20-11(22)6-25-15-19-10-3-4-24-12(10)14(23)21(15)2/h3-5H,6H2,1-2H3,(H,18,20,22). The van der Waals surface area contributed by atoms with Gasteiger partial charge in [-0.1, -0.05) is 35.0 Å². The molecule has 130 valence electrons. The molecule has 0 fully saturated rings. The highest BCUT2D eigenvalue weighted by atomic mass is 35.5. The number of aryl methyl sites for hydroxylation is 1. The maximum Gasteiger partial charge on any atom is 0.271 e. The molecule has 0 spiro atoms. The van der Waals surface area contributed by atoms with Crippen molar-refractivity contribution in [2.24, 2.45) is 7.05 Å². The number of carbonyl (C=O) groups excluding carboxylic acids is 1. The minimum absolute atomic E-state index is 0.0651. The van der Waals surface area contributed by atoms with Crippen LogP contribution in [0.25, 0.3) is 10.2 Å². The fraction of sp³-hybridized carbons (Fsp3) is 0.200. The molecule has 1 amide bonds. The zero-order valence-electron chi connectivity index (χ0n) is 13.2. The van der Waals surface area contributed by atoms with Crippen LogP contribution in [0.1, 0.15) is 5.69 Å². The van der Waals surface area contributed by atoms with E-state index in [-0.39, 0.29) is 28.1 Å². The molecular weight excluding hydrogens is 403 g/mol. The molecule has 3 heterocycles. The summed E-state index contributed by atoms with van der Waals surface area (Å²) in [7, 11) is 1.63. The predicted molar refractivity (Wildman–Crippen MR) is 103 cm³/mol. The zero-order valence-corrected chi connectivity index (χ0v) is 16.3. The number of hydrogen-bond donors (Lipinski definition) is 1. The van der Waals surface area contributed by atoms with E-state index in [1.165, 1.54) is 33.7 Å². The van der Waals surface area contributed by atoms with Crippen LogP contribution in [0.15, 0.2) is 27.5 Å². The second-order valence-electron chi connectivity index (χ2n) is 5.12. The average molecular weight is 415 g/mol. The summed E-state index contributed by atoms with van der Waals surface area (Å²) in [5.74, 6) is 0.0142. The molecule has 1 N–H and O–H groups in total. The third-order valence-electron chi connectivity index (χ3n) is 3.34. The Morgan fingerprint density at radius 2 is 2.12 bits per heavy atom. The molecule has 0 saturated heterocycles. The number of rotatable bonds is 4. The van der Waals surface area contributed by atoms with E-state index in [0.29, 0.717) is 26.1 Å². The van der Waals surface area contributed by atoms with Gasteiger partial charge >= 0.3 is 0 Å². The van der Waals surface area contributed by atoms with Crippen molar-refractivity contribution in [3.05, 3.63) is 43.6 Å². The van der Waals surface area contributed by atoms with Crippen molar-refractivity contribution < 1.29 is 4.79 Å². The van der Waals surface area contributed by atoms with Crippen molar-refractivity contribution in [1.82, 2.24) is 14.5 Å². The smallest absolute Gasteiger partial charge is 0.271 e. The number of pyridine rings is 1. The molecule has 10 heteroatoms. The Hall–Kier alpha value is -1.61. The van der Waals surface area contributed by atoms with Crippen LogP contribution in [-0.2, 0) is 11.8 Å². The van der Waals surface area contributed by atoms with Crippen LogP contribution in [0.4, 0.5) is 5.82 Å². The Morgan fingerprint density at radius 3 is 2.88 bits per heavy atom. The maximum absolute atomic E-state index is 12.2. The second-order valence-corrected chi connectivity index (χ2v) is 7.79. The third kappa shape index (κ3) is 3.82. The summed E-state index contributed by atoms with van der Waals surface area (Å²) in [5, 5.41) is 5.62. The van der Waals surface area contributed by atoms with Gasteiger partial charge in [0.2, 0.25) is 5.91 Å². The fourth-order valence-corrected chi connectivity index (χ4v) is 4.02. The second kappa shape index (κ2) is 7.33. The number of nitrogens with zero attached hydrogens (tertiary/aromatic N) is 3. The Labute approximate surface area is 161 Å². The van der Waals surface area contributed by atoms with Crippen LogP contribution < -0.4 is 10.9 Å². The Morgan fingerprint density at radius 1 is 1.36 bits per heavy atom. The van der Waals surface area contributed by atoms with Gasteiger partial charge in [0.15, 0.2) is 11.0 Å². The molecule has 0 aliphatic rings. The monoisotopic (exact) mass is 414 g/mol. The van der Waals surface area contributed by atoms with Crippen molar-refractivity contribution in [3.63, 3.8) is 0 Å². The first kappa shape index (κ1) is 18.2. The zero-order chi connectivity index (χ0) is 18.1. The van der Waals surface area contributed by atoms with Crippen LogP contribution in [0.2, 0.25) is 10.0 Å². The number of thioether (sulfide) groups is 1. The van der Waals surface area contributed by atoms with Gasteiger partial charge in [0.25, 0.3) is 5.56 Å². The summed E-state index contributed by atoms with van der Waals surface area (Å²) in [6.07, 6.45) is 0. The molecule has 0 saturated carbocycles. The molecular formula is C15H12Cl2N4O2S2. The van der Waals surface area contributed by atoms with Gasteiger partial charge in [-0.15, -0.1) is 11.3 Å². The topological polar surface area (TPSA) is 76.9 Å². The van der Waals surface area contributed by atoms with E-state index in [9.17, 15) is 9.59 Å². The van der Waals surface area contributed by atoms with Gasteiger partial charge in [-0.3, -0.25) is 14.2 Å². The molecule has 0 atom stereocenters. The van der Waals surface area contributed by atoms with Gasteiger partial charge in [0, 0.05) is 7.05 Å². The maximum atomic E-state index is 12.2. The van der Waals surface area contributed by atoms with Crippen LogP contribution in [0.5, 0.6) is 0 Å². The lowest BCUT2D eigenvalue weighted by molar-refractivity contribution is -0.113. The van der Waals surface area contributed by atoms with E-state index in [1.54, 1.807) is 20.0 Å². The summed E-state index contributed by atoms with van der Waals surface area (Å²) in [6, 6.07) is 3.32. The molecule has 6 nitrogen and oxygen atoms in total. The van der Waals surface area contributed by atoms with E-state index in [4.69, 9.17) is 23.2 Å². The Bertz CT molecular complexity index is 1030. The van der Waals surface area contributed by atoms with Gasteiger partial charge in [0.1, 0.15) is 4.70 Å². The molecule has 0 unspecified atom stereocenters. The molecule has 0 bridgehead atoms. The first-order chi connectivity index (χ1) is 11.9. The van der Waals surface area contributed by atoms with Crippen LogP contribution >= 0.6 is 46.3 Å². The van der Waals surface area contributed by atoms with E-state index in [1.807, 2.05) is 5.38 Å². The van der Waals surface area contributed by atoms with E-state index in [2.05, 4.69) is 15.3 Å². The highest BCUT2D eigenvalue weighted by Crippen LogP contribution is 2.26. The molecule has 0 aliphatic carbocycles. The Balaban J connectivity index is 1.74. The van der Waals surface area contributed by atoms with Gasteiger partial charge in [-0.05, 0) is 24.4 Å². The largest absolute Gasteiger partial charge is 0.309 e. The molecule has 25 heavy (non-hydrogen) atoms. The lowest BCUT2D eigenvalue weighted by Gasteiger charge is -2.09. The number of anilines is 1. The van der Waals surface area contributed by atoms with E-state index < -0.39 is 0 Å². The van der Waals surface area contributed by atoms with Gasteiger partial charge in [-0.25, -0.2) is 9.97 Å². The number of hydrogen-bond acceptors (Lipinski definition) is 6. The minimum atomic E-state index is -0.305. The molecule has 0 radical (unpaired) electrons. The first-order valence-electron chi connectivity index (χ1n) is 7.06. The highest BCUT2D eigenvalue weighted by Gasteiger charge is 2.14. The molecule has 0 aromatic carbocycles. The fourth-order valence-electron chi connectivity index (χ4n) is 2.04. The molecule has 3 aromatic rings. The highest BCUT2D eigenvalue weighted by molar-refractivity contribution is 7.99. The van der Waals surface area contributed by atoms with Gasteiger partial charge < -0.3 is 5.32 Å². The van der Waals surface area contributed by atoms with E-state index >= 15 is 0 Å². The number of halogens is 2. The van der Waals surface area contributed by atoms with Crippen LogP contribution in [0, 0.1) is 6.92 Å². The molecule has 3 rings (SSSR count). The van der Waals surface area contributed by atoms with E-state index in [0.717, 1.165) is 0 Å². The van der Waals surface area contributed by atoms with Crippen molar-refractivity contribution in [2.75, 3.05) is 11.1 Å². The SMILES string of the molecule is Cc1nc(NC(=O)CSc2nc3ccsc3c(=O)n2C)c(Cl)cc1Cl. The number of fused-ring (bicyclic) bond motifs is 1. The van der Waals surface area contributed by atoms with Crippen LogP contribution in [-0.4, -0.2) is 26.2 Å². The number of nitrogens with one attached hydrogen (secondary N) is 1. The summed E-state index contributed by atoms with van der Waals surface area (Å²) in [6.45, 7) is 1.72. The number of aromatic nitrogens is 3. The van der Waals surface area contributed by atoms with Crippen molar-refractivity contribution in [1.29, 1.82) is 0 Å². The summed E-state index contributed by atoms with van der Waals surface area (Å²) in [4.78, 5) is 33.0. The molecule has 3 aromatic heterocycles. The summed E-state index contributed by atoms with van der Waals surface area (Å²) >= 11 is 14.5. The quantitative estimate of drug-likeness (QED) is 0.519. The third-order valence-corrected chi connectivity index (χ3v) is 5.93. The number of carbonyl (C=O) groups is 1. The lowest BCUT2D eigenvalue weighted by Crippen LogP contribution is -2.21. The van der Waals surface area contributed by atoms with Crippen molar-refractivity contribution in [3.8, 4) is 0 Å². The average Bonchev–Trinajstić information content (AvgIpc) is 3.03. The lowest BCUT2D eigenvalue weighted by atomic mass is 10.3. The van der Waals surface area contributed by atoms with Gasteiger partial charge in [-0.2, -0.15) is 0 Å². The Kier molecular flexibility index (Phi) is 5.33. The number of thiophene rings is 1. The van der Waals surface area contributed by atoms with Gasteiger partial charge in [0.05, 0.1) is 27.0 Å². The normalized spacial score (nSPS) is 11.0. The van der Waals surface area contributed by atoms with Crippen molar-refractivity contribution >= 4 is 68.2 Å². The summed E-state index contributed by atoms with van der Waals surface area (Å²) in [5.41, 5.74) is 1.08. The number of amides is 1. The predicted octanol–water partition coefficient (Wildman–Crippen LogP) is 3.74. The van der Waals surface area contributed by atoms with Crippen molar-refractivity contribution in [2.45, 2.75) is 12.1 Å². The first-order valence-corrected chi connectivity index (χ1v) is 9.68. The molecule has 0 aliphatic heterocycles.